The van der Waals surface area contributed by atoms with Gasteiger partial charge in [-0.05, 0) is 0 Å². The molecule has 0 amide bonds. The van der Waals surface area contributed by atoms with Crippen LogP contribution in [0, 0.1) is 0 Å². The maximum atomic E-state index is 10.6. The Labute approximate surface area is 82.5 Å². The van der Waals surface area contributed by atoms with E-state index in [0.717, 1.165) is 0 Å². The van der Waals surface area contributed by atoms with E-state index in [2.05, 4.69) is 14.8 Å². The van der Waals surface area contributed by atoms with E-state index >= 15 is 0 Å². The minimum Gasteiger partial charge on any atom is -0.468 e. The zero-order valence-corrected chi connectivity index (χ0v) is 8.37. The number of rotatable bonds is 7. The van der Waals surface area contributed by atoms with Gasteiger partial charge in [0, 0.05) is 6.54 Å². The number of nitrogens with one attached hydrogen (secondary N) is 1. The van der Waals surface area contributed by atoms with Crippen molar-refractivity contribution in [1.82, 2.24) is 5.32 Å². The lowest BCUT2D eigenvalue weighted by molar-refractivity contribution is -0.146. The number of methoxy groups -OCH3 is 2. The van der Waals surface area contributed by atoms with Crippen LogP contribution in [-0.2, 0) is 23.8 Å². The van der Waals surface area contributed by atoms with E-state index in [-0.39, 0.29) is 19.1 Å². The van der Waals surface area contributed by atoms with Gasteiger partial charge in [0.25, 0.3) is 0 Å². The zero-order valence-electron chi connectivity index (χ0n) is 8.37. The van der Waals surface area contributed by atoms with E-state index in [0.29, 0.717) is 13.2 Å². The first-order valence-electron chi connectivity index (χ1n) is 4.12. The highest BCUT2D eigenvalue weighted by Crippen LogP contribution is 1.77. The summed E-state index contributed by atoms with van der Waals surface area (Å²) in [5.74, 6) is -0.754. The molecule has 0 aromatic rings. The molecule has 6 nitrogen and oxygen atoms in total. The number of carbonyl (C=O) groups is 2. The van der Waals surface area contributed by atoms with E-state index in [4.69, 9.17) is 4.74 Å². The third kappa shape index (κ3) is 7.51. The van der Waals surface area contributed by atoms with Crippen LogP contribution < -0.4 is 5.32 Å². The first-order valence-corrected chi connectivity index (χ1v) is 4.12. The number of ether oxygens (including phenoxy) is 3. The molecule has 0 aromatic heterocycles. The molecule has 0 atom stereocenters. The standard InChI is InChI=1S/C8H15NO5/c1-12-7(10)5-9-3-4-14-6-8(11)13-2/h9H,3-6H2,1-2H3. The van der Waals surface area contributed by atoms with Crippen LogP contribution >= 0.6 is 0 Å². The molecule has 0 bridgehead atoms. The molecule has 0 aliphatic rings. The van der Waals surface area contributed by atoms with Crippen LogP contribution in [0.4, 0.5) is 0 Å². The van der Waals surface area contributed by atoms with Crippen molar-refractivity contribution in [1.29, 1.82) is 0 Å². The van der Waals surface area contributed by atoms with Crippen molar-refractivity contribution in [3.05, 3.63) is 0 Å². The van der Waals surface area contributed by atoms with Crippen molar-refractivity contribution in [3.63, 3.8) is 0 Å². The first-order chi connectivity index (χ1) is 6.70. The second kappa shape index (κ2) is 8.46. The number of hydrogen-bond acceptors (Lipinski definition) is 6. The fraction of sp³-hybridized carbons (Fsp3) is 0.750. The molecule has 14 heavy (non-hydrogen) atoms. The normalized spacial score (nSPS) is 9.57. The fourth-order valence-corrected chi connectivity index (χ4v) is 0.621. The summed E-state index contributed by atoms with van der Waals surface area (Å²) in [6.07, 6.45) is 0. The summed E-state index contributed by atoms with van der Waals surface area (Å²) in [4.78, 5) is 21.2. The Morgan fingerprint density at radius 2 is 1.79 bits per heavy atom. The third-order valence-electron chi connectivity index (χ3n) is 1.37. The minimum absolute atomic E-state index is 0.0730. The Hall–Kier alpha value is -1.14. The monoisotopic (exact) mass is 205 g/mol. The zero-order chi connectivity index (χ0) is 10.8. The lowest BCUT2D eigenvalue weighted by Crippen LogP contribution is -2.27. The van der Waals surface area contributed by atoms with Crippen molar-refractivity contribution in [2.24, 2.45) is 0 Å². The molecule has 0 heterocycles. The highest BCUT2D eigenvalue weighted by atomic mass is 16.6. The summed E-state index contributed by atoms with van der Waals surface area (Å²) in [7, 11) is 2.61. The van der Waals surface area contributed by atoms with Crippen molar-refractivity contribution >= 4 is 11.9 Å². The molecule has 0 aromatic carbocycles. The number of carbonyl (C=O) groups excluding carboxylic acids is 2. The van der Waals surface area contributed by atoms with Gasteiger partial charge < -0.3 is 19.5 Å². The minimum atomic E-state index is -0.419. The molecule has 0 unspecified atom stereocenters. The summed E-state index contributed by atoms with van der Waals surface area (Å²) >= 11 is 0. The molecule has 0 aliphatic carbocycles. The highest BCUT2D eigenvalue weighted by molar-refractivity contribution is 5.71. The van der Waals surface area contributed by atoms with Crippen LogP contribution in [0.5, 0.6) is 0 Å². The Kier molecular flexibility index (Phi) is 7.77. The van der Waals surface area contributed by atoms with E-state index in [1.807, 2.05) is 0 Å². The van der Waals surface area contributed by atoms with E-state index in [9.17, 15) is 9.59 Å². The van der Waals surface area contributed by atoms with Gasteiger partial charge in [-0.3, -0.25) is 4.79 Å². The molecule has 0 rings (SSSR count). The van der Waals surface area contributed by atoms with Crippen LogP contribution in [0.15, 0.2) is 0 Å². The van der Waals surface area contributed by atoms with Crippen molar-refractivity contribution in [2.75, 3.05) is 40.5 Å². The van der Waals surface area contributed by atoms with Crippen molar-refractivity contribution in [2.45, 2.75) is 0 Å². The van der Waals surface area contributed by atoms with Gasteiger partial charge in [-0.1, -0.05) is 0 Å². The Balaban J connectivity index is 3.14. The largest absolute Gasteiger partial charge is 0.468 e. The molecule has 82 valence electrons. The van der Waals surface area contributed by atoms with Crippen molar-refractivity contribution < 1.29 is 23.8 Å². The predicted molar refractivity (Wildman–Crippen MR) is 47.7 cm³/mol. The van der Waals surface area contributed by atoms with E-state index in [1.165, 1.54) is 14.2 Å². The average Bonchev–Trinajstić information content (AvgIpc) is 2.22. The highest BCUT2D eigenvalue weighted by Gasteiger charge is 2.00. The lowest BCUT2D eigenvalue weighted by atomic mass is 10.6. The summed E-state index contributed by atoms with van der Waals surface area (Å²) in [5, 5.41) is 2.78. The first kappa shape index (κ1) is 12.9. The predicted octanol–water partition coefficient (Wildman–Crippen LogP) is -1.06. The quantitative estimate of drug-likeness (QED) is 0.422. The second-order valence-electron chi connectivity index (χ2n) is 2.38. The van der Waals surface area contributed by atoms with Gasteiger partial charge in [0.15, 0.2) is 0 Å². The molecular formula is C8H15NO5. The van der Waals surface area contributed by atoms with E-state index in [1.54, 1.807) is 0 Å². The van der Waals surface area contributed by atoms with Crippen molar-refractivity contribution in [3.8, 4) is 0 Å². The SMILES string of the molecule is COC(=O)CNCCOCC(=O)OC. The molecular weight excluding hydrogens is 190 g/mol. The van der Waals surface area contributed by atoms with Crippen LogP contribution in [0.3, 0.4) is 0 Å². The van der Waals surface area contributed by atoms with Gasteiger partial charge in [0.2, 0.25) is 0 Å². The topological polar surface area (TPSA) is 73.9 Å². The average molecular weight is 205 g/mol. The van der Waals surface area contributed by atoms with Gasteiger partial charge in [0.1, 0.15) is 6.61 Å². The van der Waals surface area contributed by atoms with Gasteiger partial charge in [-0.15, -0.1) is 0 Å². The summed E-state index contributed by atoms with van der Waals surface area (Å²) in [6, 6.07) is 0. The molecule has 0 radical (unpaired) electrons. The summed E-state index contributed by atoms with van der Waals surface area (Å²) in [6.45, 7) is 0.882. The number of esters is 2. The molecule has 0 fully saturated rings. The summed E-state index contributed by atoms with van der Waals surface area (Å²) in [5.41, 5.74) is 0. The molecule has 0 spiro atoms. The van der Waals surface area contributed by atoms with Crippen LogP contribution in [0.2, 0.25) is 0 Å². The van der Waals surface area contributed by atoms with E-state index < -0.39 is 5.97 Å². The lowest BCUT2D eigenvalue weighted by Gasteiger charge is -2.04. The molecule has 1 N–H and O–H groups in total. The Bertz CT molecular complexity index is 163. The maximum Gasteiger partial charge on any atom is 0.331 e. The molecule has 0 saturated carbocycles. The Morgan fingerprint density at radius 3 is 2.36 bits per heavy atom. The van der Waals surface area contributed by atoms with Gasteiger partial charge in [-0.25, -0.2) is 4.79 Å². The second-order valence-corrected chi connectivity index (χ2v) is 2.38. The molecule has 0 aliphatic heterocycles. The third-order valence-corrected chi connectivity index (χ3v) is 1.37. The molecule has 0 saturated heterocycles. The van der Waals surface area contributed by atoms with Crippen LogP contribution in [0.25, 0.3) is 0 Å². The van der Waals surface area contributed by atoms with Gasteiger partial charge in [0.05, 0.1) is 27.4 Å². The van der Waals surface area contributed by atoms with Crippen LogP contribution in [0.1, 0.15) is 0 Å². The van der Waals surface area contributed by atoms with Gasteiger partial charge >= 0.3 is 11.9 Å². The maximum absolute atomic E-state index is 10.6. The van der Waals surface area contributed by atoms with Crippen LogP contribution in [-0.4, -0.2) is 52.5 Å². The number of hydrogen-bond donors (Lipinski definition) is 1. The molecule has 6 heteroatoms. The fourth-order valence-electron chi connectivity index (χ4n) is 0.621. The smallest absolute Gasteiger partial charge is 0.331 e. The summed E-state index contributed by atoms with van der Waals surface area (Å²) < 4.78 is 13.7. The Morgan fingerprint density at radius 1 is 1.14 bits per heavy atom. The van der Waals surface area contributed by atoms with Gasteiger partial charge in [-0.2, -0.15) is 0 Å².